The predicted octanol–water partition coefficient (Wildman–Crippen LogP) is 3.74. The highest BCUT2D eigenvalue weighted by Crippen LogP contribution is 2.24. The molecule has 26 heavy (non-hydrogen) atoms. The van der Waals surface area contributed by atoms with E-state index in [-0.39, 0.29) is 11.7 Å². The van der Waals surface area contributed by atoms with E-state index in [0.717, 1.165) is 17.0 Å². The van der Waals surface area contributed by atoms with Gasteiger partial charge in [-0.15, -0.1) is 0 Å². The van der Waals surface area contributed by atoms with Crippen molar-refractivity contribution in [2.75, 3.05) is 5.32 Å². The third-order valence-corrected chi connectivity index (χ3v) is 5.29. The van der Waals surface area contributed by atoms with E-state index in [2.05, 4.69) is 31.4 Å². The van der Waals surface area contributed by atoms with Gasteiger partial charge in [-0.25, -0.2) is 4.39 Å². The average molecular weight is 420 g/mol. The molecule has 0 radical (unpaired) electrons. The van der Waals surface area contributed by atoms with Crippen molar-refractivity contribution in [3.05, 3.63) is 62.9 Å². The molecule has 0 unspecified atom stereocenters. The van der Waals surface area contributed by atoms with Gasteiger partial charge in [0.05, 0.1) is 33.8 Å². The molecule has 0 aliphatic carbocycles. The van der Waals surface area contributed by atoms with Crippen LogP contribution in [0, 0.1) is 26.6 Å². The summed E-state index contributed by atoms with van der Waals surface area (Å²) in [4.78, 5) is 12.6. The summed E-state index contributed by atoms with van der Waals surface area (Å²) in [6.45, 7) is 6.10. The Hall–Kier alpha value is -2.48. The van der Waals surface area contributed by atoms with Crippen molar-refractivity contribution in [2.45, 2.75) is 27.3 Å². The Morgan fingerprint density at radius 3 is 2.38 bits per heavy atom. The molecule has 8 heteroatoms. The lowest BCUT2D eigenvalue weighted by atomic mass is 10.2. The van der Waals surface area contributed by atoms with E-state index in [1.165, 1.54) is 12.1 Å². The zero-order chi connectivity index (χ0) is 19.0. The number of carbonyl (C=O) groups is 1. The molecule has 0 spiro atoms. The number of amides is 1. The fraction of sp³-hybridized carbons (Fsp3) is 0.278. The Morgan fingerprint density at radius 1 is 1.15 bits per heavy atom. The van der Waals surface area contributed by atoms with E-state index in [9.17, 15) is 9.18 Å². The molecule has 0 atom stereocenters. The summed E-state index contributed by atoms with van der Waals surface area (Å²) in [7, 11) is 1.79. The van der Waals surface area contributed by atoms with Gasteiger partial charge in [0, 0.05) is 7.05 Å². The maximum Gasteiger partial charge on any atom is 0.277 e. The van der Waals surface area contributed by atoms with Gasteiger partial charge in [0.15, 0.2) is 5.69 Å². The predicted molar refractivity (Wildman–Crippen MR) is 101 cm³/mol. The van der Waals surface area contributed by atoms with Crippen molar-refractivity contribution in [3.63, 3.8) is 0 Å². The maximum atomic E-state index is 13.1. The van der Waals surface area contributed by atoms with Crippen LogP contribution < -0.4 is 5.32 Å². The molecule has 0 fully saturated rings. The van der Waals surface area contributed by atoms with Gasteiger partial charge in [-0.1, -0.05) is 12.1 Å². The molecule has 3 aromatic rings. The minimum Gasteiger partial charge on any atom is -0.317 e. The van der Waals surface area contributed by atoms with Crippen molar-refractivity contribution in [2.24, 2.45) is 7.05 Å². The lowest BCUT2D eigenvalue weighted by Gasteiger charge is -2.07. The van der Waals surface area contributed by atoms with Gasteiger partial charge in [0.25, 0.3) is 5.91 Å². The number of carbonyl (C=O) groups excluding carboxylic acids is 1. The van der Waals surface area contributed by atoms with Gasteiger partial charge in [0.2, 0.25) is 0 Å². The summed E-state index contributed by atoms with van der Waals surface area (Å²) in [5, 5.41) is 11.6. The molecule has 2 heterocycles. The SMILES string of the molecule is Cc1nn(Cc2ccc(F)cc2)c(C)c1NC(=O)c1nn(C)c(C)c1Br. The van der Waals surface area contributed by atoms with Gasteiger partial charge in [-0.3, -0.25) is 14.2 Å². The van der Waals surface area contributed by atoms with Crippen LogP contribution in [0.4, 0.5) is 10.1 Å². The van der Waals surface area contributed by atoms with Crippen LogP contribution in [0.1, 0.15) is 33.1 Å². The summed E-state index contributed by atoms with van der Waals surface area (Å²) in [6.07, 6.45) is 0. The number of nitrogens with zero attached hydrogens (tertiary/aromatic N) is 4. The Morgan fingerprint density at radius 2 is 1.81 bits per heavy atom. The molecule has 3 rings (SSSR count). The first-order chi connectivity index (χ1) is 12.3. The average Bonchev–Trinajstić information content (AvgIpc) is 3.01. The first-order valence-electron chi connectivity index (χ1n) is 8.06. The number of hydrogen-bond donors (Lipinski definition) is 1. The first-order valence-corrected chi connectivity index (χ1v) is 8.86. The van der Waals surface area contributed by atoms with E-state index in [1.54, 1.807) is 28.5 Å². The lowest BCUT2D eigenvalue weighted by Crippen LogP contribution is -2.15. The van der Waals surface area contributed by atoms with Crippen molar-refractivity contribution in [1.82, 2.24) is 19.6 Å². The second-order valence-electron chi connectivity index (χ2n) is 6.16. The van der Waals surface area contributed by atoms with Crippen LogP contribution in [0.2, 0.25) is 0 Å². The van der Waals surface area contributed by atoms with Gasteiger partial charge in [0.1, 0.15) is 5.82 Å². The van der Waals surface area contributed by atoms with Crippen LogP contribution in [0.5, 0.6) is 0 Å². The van der Waals surface area contributed by atoms with Crippen molar-refractivity contribution >= 4 is 27.5 Å². The molecule has 0 bridgehead atoms. The van der Waals surface area contributed by atoms with Gasteiger partial charge in [-0.05, 0) is 54.4 Å². The molecule has 1 aromatic carbocycles. The molecule has 1 amide bonds. The number of halogens is 2. The molecular formula is C18H19BrFN5O. The number of nitrogens with one attached hydrogen (secondary N) is 1. The third kappa shape index (κ3) is 3.41. The van der Waals surface area contributed by atoms with E-state index >= 15 is 0 Å². The minimum absolute atomic E-state index is 0.272. The Kier molecular flexibility index (Phi) is 4.95. The second kappa shape index (κ2) is 7.03. The first kappa shape index (κ1) is 18.3. The highest BCUT2D eigenvalue weighted by molar-refractivity contribution is 9.10. The fourth-order valence-electron chi connectivity index (χ4n) is 2.69. The Bertz CT molecular complexity index is 975. The molecule has 2 aromatic heterocycles. The second-order valence-corrected chi connectivity index (χ2v) is 6.95. The van der Waals surface area contributed by atoms with Crippen LogP contribution in [-0.4, -0.2) is 25.5 Å². The Labute approximate surface area is 159 Å². The number of hydrogen-bond acceptors (Lipinski definition) is 3. The molecule has 1 N–H and O–H groups in total. The molecule has 0 saturated heterocycles. The quantitative estimate of drug-likeness (QED) is 0.700. The molecule has 136 valence electrons. The summed E-state index contributed by atoms with van der Waals surface area (Å²) >= 11 is 3.41. The highest BCUT2D eigenvalue weighted by Gasteiger charge is 2.21. The van der Waals surface area contributed by atoms with Crippen molar-refractivity contribution < 1.29 is 9.18 Å². The Balaban J connectivity index is 1.84. The zero-order valence-electron chi connectivity index (χ0n) is 15.0. The molecule has 0 saturated carbocycles. The zero-order valence-corrected chi connectivity index (χ0v) is 16.6. The summed E-state index contributed by atoms with van der Waals surface area (Å²) in [6, 6.07) is 6.28. The van der Waals surface area contributed by atoms with Crippen LogP contribution in [0.3, 0.4) is 0 Å². The van der Waals surface area contributed by atoms with Gasteiger partial charge >= 0.3 is 0 Å². The number of aromatic nitrogens is 4. The highest BCUT2D eigenvalue weighted by atomic mass is 79.9. The molecule has 0 aliphatic rings. The molecule has 0 aliphatic heterocycles. The smallest absolute Gasteiger partial charge is 0.277 e. The van der Waals surface area contributed by atoms with Crippen LogP contribution >= 0.6 is 15.9 Å². The van der Waals surface area contributed by atoms with Crippen LogP contribution in [0.25, 0.3) is 0 Å². The third-order valence-electron chi connectivity index (χ3n) is 4.34. The molecule has 6 nitrogen and oxygen atoms in total. The van der Waals surface area contributed by atoms with Crippen LogP contribution in [0.15, 0.2) is 28.7 Å². The number of benzene rings is 1. The van der Waals surface area contributed by atoms with E-state index in [4.69, 9.17) is 0 Å². The van der Waals surface area contributed by atoms with E-state index in [0.29, 0.717) is 28.1 Å². The lowest BCUT2D eigenvalue weighted by molar-refractivity contribution is 0.102. The maximum absolute atomic E-state index is 13.1. The van der Waals surface area contributed by atoms with Gasteiger partial charge in [-0.2, -0.15) is 10.2 Å². The fourth-order valence-corrected chi connectivity index (χ4v) is 3.21. The summed E-state index contributed by atoms with van der Waals surface area (Å²) < 4.78 is 17.2. The van der Waals surface area contributed by atoms with E-state index < -0.39 is 0 Å². The van der Waals surface area contributed by atoms with Gasteiger partial charge < -0.3 is 5.32 Å². The van der Waals surface area contributed by atoms with Crippen LogP contribution in [-0.2, 0) is 13.6 Å². The van der Waals surface area contributed by atoms with Crippen molar-refractivity contribution in [1.29, 1.82) is 0 Å². The van der Waals surface area contributed by atoms with Crippen molar-refractivity contribution in [3.8, 4) is 0 Å². The summed E-state index contributed by atoms with van der Waals surface area (Å²) in [5.74, 6) is -0.570. The minimum atomic E-state index is -0.298. The molecular weight excluding hydrogens is 401 g/mol. The summed E-state index contributed by atoms with van der Waals surface area (Å²) in [5.41, 5.74) is 4.32. The normalized spacial score (nSPS) is 11.0. The monoisotopic (exact) mass is 419 g/mol. The standard InChI is InChI=1S/C18H19BrFN5O/c1-10-16(21-18(26)17-15(19)11(2)24(4)23-17)12(3)25(22-10)9-13-5-7-14(20)8-6-13/h5-8H,9H2,1-4H3,(H,21,26). The van der Waals surface area contributed by atoms with E-state index in [1.807, 2.05) is 20.8 Å². The number of anilines is 1. The number of aryl methyl sites for hydroxylation is 2. The topological polar surface area (TPSA) is 64.7 Å². The number of rotatable bonds is 4. The largest absolute Gasteiger partial charge is 0.317 e.